The highest BCUT2D eigenvalue weighted by Gasteiger charge is 2.18. The molecule has 0 aromatic heterocycles. The zero-order valence-electron chi connectivity index (χ0n) is 11.2. The van der Waals surface area contributed by atoms with Crippen LogP contribution in [-0.2, 0) is 13.6 Å². The molecule has 4 nitrogen and oxygen atoms in total. The number of unbranched alkanes of at least 4 members (excludes halogenated alkanes) is 7. The molecular weight excluding hydrogens is 239 g/mol. The maximum atomic E-state index is 11.1. The van der Waals surface area contributed by atoms with Gasteiger partial charge in [0.25, 0.3) is 0 Å². The Morgan fingerprint density at radius 2 is 1.41 bits per heavy atom. The molecule has 0 radical (unpaired) electrons. The predicted molar refractivity (Wildman–Crippen MR) is 70.0 cm³/mol. The van der Waals surface area contributed by atoms with Gasteiger partial charge < -0.3 is 4.89 Å². The van der Waals surface area contributed by atoms with E-state index in [-0.39, 0.29) is 6.61 Å². The molecule has 0 aliphatic heterocycles. The van der Waals surface area contributed by atoms with Gasteiger partial charge in [-0.1, -0.05) is 51.9 Å². The third-order valence-electron chi connectivity index (χ3n) is 2.54. The lowest BCUT2D eigenvalue weighted by molar-refractivity contribution is 0.153. The highest BCUT2D eigenvalue weighted by Crippen LogP contribution is 2.42. The van der Waals surface area contributed by atoms with Crippen LogP contribution in [0, 0.1) is 0 Å². The summed E-state index contributed by atoms with van der Waals surface area (Å²) in [7, 11) is -3.76. The van der Waals surface area contributed by atoms with Gasteiger partial charge in [-0.2, -0.15) is 0 Å². The number of phosphoric ester groups is 1. The van der Waals surface area contributed by atoms with Gasteiger partial charge >= 0.3 is 7.82 Å². The predicted octanol–water partition coefficient (Wildman–Crippen LogP) is 4.28. The molecule has 1 N–H and O–H groups in total. The van der Waals surface area contributed by atoms with E-state index in [1.807, 2.05) is 0 Å². The second-order valence-electron chi connectivity index (χ2n) is 4.19. The molecule has 17 heavy (non-hydrogen) atoms. The summed E-state index contributed by atoms with van der Waals surface area (Å²) in [5, 5.41) is 0. The number of rotatable bonds is 12. The summed E-state index contributed by atoms with van der Waals surface area (Å²) >= 11 is 0. The first kappa shape index (κ1) is 17.1. The fraction of sp³-hybridized carbons (Fsp3) is 1.00. The Balaban J connectivity index is 3.21. The third-order valence-corrected chi connectivity index (χ3v) is 3.64. The first-order valence-electron chi connectivity index (χ1n) is 6.74. The summed E-state index contributed by atoms with van der Waals surface area (Å²) < 4.78 is 20.5. The Hall–Kier alpha value is 0.110. The van der Waals surface area contributed by atoms with Crippen molar-refractivity contribution < 1.29 is 18.5 Å². The van der Waals surface area contributed by atoms with Gasteiger partial charge in [0.1, 0.15) is 0 Å². The molecule has 0 amide bonds. The minimum absolute atomic E-state index is 0.200. The monoisotopic (exact) mass is 266 g/mol. The lowest BCUT2D eigenvalue weighted by Crippen LogP contribution is -1.96. The van der Waals surface area contributed by atoms with Gasteiger partial charge in [0.2, 0.25) is 0 Å². The van der Waals surface area contributed by atoms with Crippen LogP contribution in [0.1, 0.15) is 65.2 Å². The van der Waals surface area contributed by atoms with Crippen molar-refractivity contribution in [3.05, 3.63) is 0 Å². The fourth-order valence-electron chi connectivity index (χ4n) is 1.62. The van der Waals surface area contributed by atoms with Crippen LogP contribution in [0.15, 0.2) is 0 Å². The van der Waals surface area contributed by atoms with Crippen molar-refractivity contribution >= 4 is 7.82 Å². The van der Waals surface area contributed by atoms with E-state index in [1.54, 1.807) is 6.92 Å². The molecular formula is C12H27O4P. The van der Waals surface area contributed by atoms with Gasteiger partial charge in [-0.15, -0.1) is 0 Å². The number of hydrogen-bond donors (Lipinski definition) is 1. The van der Waals surface area contributed by atoms with Crippen molar-refractivity contribution in [3.8, 4) is 0 Å². The maximum absolute atomic E-state index is 11.1. The van der Waals surface area contributed by atoms with E-state index in [0.29, 0.717) is 6.61 Å². The average Bonchev–Trinajstić information content (AvgIpc) is 2.27. The number of phosphoric acid groups is 1. The van der Waals surface area contributed by atoms with Gasteiger partial charge in [-0.05, 0) is 13.3 Å². The number of hydrogen-bond acceptors (Lipinski definition) is 3. The summed E-state index contributed by atoms with van der Waals surface area (Å²) in [5.41, 5.74) is 0. The molecule has 0 fully saturated rings. The lowest BCUT2D eigenvalue weighted by atomic mass is 10.1. The van der Waals surface area contributed by atoms with Gasteiger partial charge in [0, 0.05) is 0 Å². The highest BCUT2D eigenvalue weighted by atomic mass is 31.2. The molecule has 0 bridgehead atoms. The van der Waals surface area contributed by atoms with E-state index >= 15 is 0 Å². The van der Waals surface area contributed by atoms with E-state index in [0.717, 1.165) is 12.8 Å². The molecule has 0 aromatic rings. The van der Waals surface area contributed by atoms with E-state index in [1.165, 1.54) is 38.5 Å². The zero-order valence-corrected chi connectivity index (χ0v) is 12.1. The molecule has 1 atom stereocenters. The highest BCUT2D eigenvalue weighted by molar-refractivity contribution is 7.47. The Kier molecular flexibility index (Phi) is 11.3. The standard InChI is InChI=1S/C12H27O4P/c1-3-5-6-7-8-9-10-11-12-16-17(13,14)15-4-2/h3-12H2,1-2H3,(H,13,14). The van der Waals surface area contributed by atoms with E-state index in [2.05, 4.69) is 11.4 Å². The van der Waals surface area contributed by atoms with Gasteiger partial charge in [-0.25, -0.2) is 4.57 Å². The second kappa shape index (κ2) is 11.2. The molecule has 0 spiro atoms. The van der Waals surface area contributed by atoms with E-state index < -0.39 is 7.82 Å². The Morgan fingerprint density at radius 3 is 1.94 bits per heavy atom. The van der Waals surface area contributed by atoms with Gasteiger partial charge in [0.15, 0.2) is 0 Å². The molecule has 0 heterocycles. The summed E-state index contributed by atoms with van der Waals surface area (Å²) in [6, 6.07) is 0. The summed E-state index contributed by atoms with van der Waals surface area (Å²) in [5.74, 6) is 0. The van der Waals surface area contributed by atoms with Crippen LogP contribution in [0.5, 0.6) is 0 Å². The Morgan fingerprint density at radius 1 is 0.882 bits per heavy atom. The average molecular weight is 266 g/mol. The maximum Gasteiger partial charge on any atom is 0.472 e. The normalized spacial score (nSPS) is 14.8. The van der Waals surface area contributed by atoms with E-state index in [9.17, 15) is 4.57 Å². The molecule has 5 heteroatoms. The molecule has 1 unspecified atom stereocenters. The fourth-order valence-corrected chi connectivity index (χ4v) is 2.38. The molecule has 0 saturated carbocycles. The first-order chi connectivity index (χ1) is 8.12. The molecule has 0 aliphatic carbocycles. The van der Waals surface area contributed by atoms with Crippen molar-refractivity contribution in [3.63, 3.8) is 0 Å². The summed E-state index contributed by atoms with van der Waals surface area (Å²) in [6.07, 6.45) is 9.53. The minimum atomic E-state index is -3.76. The van der Waals surface area contributed by atoms with Crippen LogP contribution in [0.25, 0.3) is 0 Å². The summed E-state index contributed by atoms with van der Waals surface area (Å²) in [6.45, 7) is 4.39. The van der Waals surface area contributed by atoms with Crippen LogP contribution >= 0.6 is 7.82 Å². The second-order valence-corrected chi connectivity index (χ2v) is 5.65. The zero-order chi connectivity index (χ0) is 13.0. The van der Waals surface area contributed by atoms with Gasteiger partial charge in [-0.3, -0.25) is 9.05 Å². The van der Waals surface area contributed by atoms with Crippen LogP contribution in [0.2, 0.25) is 0 Å². The molecule has 0 rings (SSSR count). The van der Waals surface area contributed by atoms with Crippen LogP contribution in [-0.4, -0.2) is 18.1 Å². The topological polar surface area (TPSA) is 55.8 Å². The van der Waals surface area contributed by atoms with Crippen molar-refractivity contribution in [2.24, 2.45) is 0 Å². The molecule has 0 saturated heterocycles. The van der Waals surface area contributed by atoms with Gasteiger partial charge in [0.05, 0.1) is 13.2 Å². The lowest BCUT2D eigenvalue weighted by Gasteiger charge is -2.10. The quantitative estimate of drug-likeness (QED) is 0.423. The van der Waals surface area contributed by atoms with Crippen LogP contribution < -0.4 is 0 Å². The summed E-state index contributed by atoms with van der Waals surface area (Å²) in [4.78, 5) is 9.13. The largest absolute Gasteiger partial charge is 0.472 e. The first-order valence-corrected chi connectivity index (χ1v) is 8.23. The molecule has 0 aliphatic rings. The minimum Gasteiger partial charge on any atom is -0.302 e. The molecule has 0 aromatic carbocycles. The van der Waals surface area contributed by atoms with Crippen LogP contribution in [0.4, 0.5) is 0 Å². The smallest absolute Gasteiger partial charge is 0.302 e. The Labute approximate surface area is 105 Å². The van der Waals surface area contributed by atoms with Crippen molar-refractivity contribution in [1.82, 2.24) is 0 Å². The van der Waals surface area contributed by atoms with Crippen molar-refractivity contribution in [2.45, 2.75) is 65.2 Å². The van der Waals surface area contributed by atoms with Crippen molar-refractivity contribution in [1.29, 1.82) is 0 Å². The third kappa shape index (κ3) is 12.4. The van der Waals surface area contributed by atoms with E-state index in [4.69, 9.17) is 9.42 Å². The SMILES string of the molecule is CCCCCCCCCCOP(=O)(O)OCC. The van der Waals surface area contributed by atoms with Crippen molar-refractivity contribution in [2.75, 3.05) is 13.2 Å². The Bertz CT molecular complexity index is 209. The van der Waals surface area contributed by atoms with Crippen LogP contribution in [0.3, 0.4) is 0 Å². The molecule has 104 valence electrons.